The second-order valence-electron chi connectivity index (χ2n) is 4.02. The minimum absolute atomic E-state index is 0.393. The van der Waals surface area contributed by atoms with Crippen LogP contribution < -0.4 is 10.6 Å². The summed E-state index contributed by atoms with van der Waals surface area (Å²) in [5.41, 5.74) is 7.49. The van der Waals surface area contributed by atoms with Crippen LogP contribution in [-0.4, -0.2) is 13.1 Å². The number of nitrogens with zero attached hydrogens (tertiary/aromatic N) is 2. The summed E-state index contributed by atoms with van der Waals surface area (Å²) < 4.78 is 0. The standard InChI is InChI=1S/C12H14ClN3/c13-12-9(8-14)10(15)4-5-11(12)16-6-2-1-3-7-16/h4-5H,1-3,6-7,15H2. The van der Waals surface area contributed by atoms with Crippen molar-refractivity contribution >= 4 is 23.0 Å². The van der Waals surface area contributed by atoms with Gasteiger partial charge in [-0.25, -0.2) is 0 Å². The van der Waals surface area contributed by atoms with Crippen LogP contribution in [0.4, 0.5) is 11.4 Å². The van der Waals surface area contributed by atoms with Gasteiger partial charge in [0.05, 0.1) is 22.0 Å². The molecule has 0 bridgehead atoms. The van der Waals surface area contributed by atoms with Crippen molar-refractivity contribution in [3.63, 3.8) is 0 Å². The Morgan fingerprint density at radius 1 is 1.25 bits per heavy atom. The van der Waals surface area contributed by atoms with Gasteiger partial charge in [-0.3, -0.25) is 0 Å². The van der Waals surface area contributed by atoms with E-state index in [0.29, 0.717) is 16.3 Å². The molecule has 0 spiro atoms. The minimum atomic E-state index is 0.393. The van der Waals surface area contributed by atoms with Gasteiger partial charge < -0.3 is 10.6 Å². The predicted molar refractivity (Wildman–Crippen MR) is 66.6 cm³/mol. The lowest BCUT2D eigenvalue weighted by Gasteiger charge is -2.29. The van der Waals surface area contributed by atoms with Gasteiger partial charge in [-0.15, -0.1) is 0 Å². The van der Waals surface area contributed by atoms with Gasteiger partial charge in [0.25, 0.3) is 0 Å². The molecule has 0 aromatic heterocycles. The van der Waals surface area contributed by atoms with Gasteiger partial charge in [0.1, 0.15) is 6.07 Å². The molecule has 84 valence electrons. The van der Waals surface area contributed by atoms with Crippen molar-refractivity contribution in [2.24, 2.45) is 0 Å². The first-order chi connectivity index (χ1) is 7.74. The summed E-state index contributed by atoms with van der Waals surface area (Å²) in [6, 6.07) is 5.72. The molecule has 1 aliphatic rings. The maximum Gasteiger partial charge on any atom is 0.103 e. The number of rotatable bonds is 1. The molecule has 0 atom stereocenters. The Kier molecular flexibility index (Phi) is 3.21. The lowest BCUT2D eigenvalue weighted by molar-refractivity contribution is 0.578. The van der Waals surface area contributed by atoms with E-state index in [1.165, 1.54) is 19.3 Å². The topological polar surface area (TPSA) is 53.1 Å². The molecule has 0 amide bonds. The Morgan fingerprint density at radius 2 is 1.94 bits per heavy atom. The van der Waals surface area contributed by atoms with Crippen LogP contribution in [0, 0.1) is 11.3 Å². The summed E-state index contributed by atoms with van der Waals surface area (Å²) in [6.45, 7) is 2.02. The molecule has 1 saturated heterocycles. The fraction of sp³-hybridized carbons (Fsp3) is 0.417. The second-order valence-corrected chi connectivity index (χ2v) is 4.40. The maximum absolute atomic E-state index is 8.99. The number of benzene rings is 1. The van der Waals surface area contributed by atoms with E-state index in [1.54, 1.807) is 6.07 Å². The third-order valence-corrected chi connectivity index (χ3v) is 3.34. The molecule has 16 heavy (non-hydrogen) atoms. The van der Waals surface area contributed by atoms with Crippen molar-refractivity contribution in [3.05, 3.63) is 22.7 Å². The summed E-state index contributed by atoms with van der Waals surface area (Å²) in [5.74, 6) is 0. The summed E-state index contributed by atoms with van der Waals surface area (Å²) >= 11 is 6.20. The van der Waals surface area contributed by atoms with Gasteiger partial charge >= 0.3 is 0 Å². The number of hydrogen-bond donors (Lipinski definition) is 1. The van der Waals surface area contributed by atoms with Crippen molar-refractivity contribution in [1.82, 2.24) is 0 Å². The molecular weight excluding hydrogens is 222 g/mol. The van der Waals surface area contributed by atoms with E-state index in [2.05, 4.69) is 11.0 Å². The van der Waals surface area contributed by atoms with Gasteiger partial charge in [-0.2, -0.15) is 5.26 Å². The summed E-state index contributed by atoms with van der Waals surface area (Å²) in [5, 5.41) is 9.48. The lowest BCUT2D eigenvalue weighted by atomic mass is 10.1. The normalized spacial score (nSPS) is 15.9. The highest BCUT2D eigenvalue weighted by Gasteiger charge is 2.17. The molecule has 1 aromatic rings. The molecule has 2 rings (SSSR count). The van der Waals surface area contributed by atoms with Gasteiger partial charge in [0, 0.05) is 13.1 Å². The van der Waals surface area contributed by atoms with Crippen LogP contribution in [0.3, 0.4) is 0 Å². The molecule has 3 nitrogen and oxygen atoms in total. The van der Waals surface area contributed by atoms with E-state index in [4.69, 9.17) is 22.6 Å². The van der Waals surface area contributed by atoms with Crippen molar-refractivity contribution < 1.29 is 0 Å². The number of piperidine rings is 1. The molecule has 2 N–H and O–H groups in total. The maximum atomic E-state index is 8.99. The lowest BCUT2D eigenvalue weighted by Crippen LogP contribution is -2.29. The molecular formula is C12H14ClN3. The highest BCUT2D eigenvalue weighted by molar-refractivity contribution is 6.34. The van der Waals surface area contributed by atoms with Crippen molar-refractivity contribution in [2.45, 2.75) is 19.3 Å². The van der Waals surface area contributed by atoms with Crippen molar-refractivity contribution in [2.75, 3.05) is 23.7 Å². The first-order valence-electron chi connectivity index (χ1n) is 5.47. The zero-order chi connectivity index (χ0) is 11.5. The molecule has 4 heteroatoms. The molecule has 0 aliphatic carbocycles. The van der Waals surface area contributed by atoms with Crippen LogP contribution in [0.15, 0.2) is 12.1 Å². The molecule has 1 aliphatic heterocycles. The first-order valence-corrected chi connectivity index (χ1v) is 5.85. The Morgan fingerprint density at radius 3 is 2.56 bits per heavy atom. The number of halogens is 1. The van der Waals surface area contributed by atoms with Crippen LogP contribution in [0.1, 0.15) is 24.8 Å². The summed E-state index contributed by atoms with van der Waals surface area (Å²) in [6.07, 6.45) is 3.64. The van der Waals surface area contributed by atoms with Crippen LogP contribution >= 0.6 is 11.6 Å². The van der Waals surface area contributed by atoms with Crippen LogP contribution in [0.25, 0.3) is 0 Å². The molecule has 0 saturated carbocycles. The van der Waals surface area contributed by atoms with Gasteiger partial charge in [-0.1, -0.05) is 11.6 Å². The van der Waals surface area contributed by atoms with Gasteiger partial charge in [0.2, 0.25) is 0 Å². The van der Waals surface area contributed by atoms with Gasteiger partial charge in [-0.05, 0) is 31.4 Å². The summed E-state index contributed by atoms with van der Waals surface area (Å²) in [4.78, 5) is 2.23. The third-order valence-electron chi connectivity index (χ3n) is 2.96. The zero-order valence-corrected chi connectivity index (χ0v) is 9.80. The SMILES string of the molecule is N#Cc1c(N)ccc(N2CCCCC2)c1Cl. The average Bonchev–Trinajstić information content (AvgIpc) is 2.31. The first kappa shape index (κ1) is 11.1. The van der Waals surface area contributed by atoms with Crippen molar-refractivity contribution in [3.8, 4) is 6.07 Å². The van der Waals surface area contributed by atoms with Crippen LogP contribution in [-0.2, 0) is 0 Å². The number of hydrogen-bond acceptors (Lipinski definition) is 3. The highest BCUT2D eigenvalue weighted by atomic mass is 35.5. The van der Waals surface area contributed by atoms with E-state index in [1.807, 2.05) is 6.07 Å². The van der Waals surface area contributed by atoms with Crippen LogP contribution in [0.5, 0.6) is 0 Å². The number of nitrogens with two attached hydrogens (primary N) is 1. The predicted octanol–water partition coefficient (Wildman–Crippen LogP) is 2.78. The average molecular weight is 236 g/mol. The van der Waals surface area contributed by atoms with E-state index in [9.17, 15) is 0 Å². The number of nitrogen functional groups attached to an aromatic ring is 1. The fourth-order valence-corrected chi connectivity index (χ4v) is 2.41. The minimum Gasteiger partial charge on any atom is -0.398 e. The second kappa shape index (κ2) is 4.63. The monoisotopic (exact) mass is 235 g/mol. The largest absolute Gasteiger partial charge is 0.398 e. The molecule has 1 aromatic carbocycles. The summed E-state index contributed by atoms with van der Waals surface area (Å²) in [7, 11) is 0. The zero-order valence-electron chi connectivity index (χ0n) is 9.04. The number of nitriles is 1. The van der Waals surface area contributed by atoms with E-state index in [0.717, 1.165) is 18.8 Å². The number of anilines is 2. The van der Waals surface area contributed by atoms with Crippen LogP contribution in [0.2, 0.25) is 5.02 Å². The van der Waals surface area contributed by atoms with Gasteiger partial charge in [0.15, 0.2) is 0 Å². The van der Waals surface area contributed by atoms with Crippen molar-refractivity contribution in [1.29, 1.82) is 5.26 Å². The Labute approximate surface area is 100 Å². The highest BCUT2D eigenvalue weighted by Crippen LogP contribution is 2.33. The van der Waals surface area contributed by atoms with E-state index < -0.39 is 0 Å². The molecule has 1 heterocycles. The Hall–Kier alpha value is -1.40. The smallest absolute Gasteiger partial charge is 0.103 e. The fourth-order valence-electron chi connectivity index (χ4n) is 2.07. The Bertz CT molecular complexity index is 431. The van der Waals surface area contributed by atoms with E-state index >= 15 is 0 Å². The molecule has 1 fully saturated rings. The van der Waals surface area contributed by atoms with E-state index in [-0.39, 0.29) is 0 Å². The Balaban J connectivity index is 2.38. The molecule has 0 radical (unpaired) electrons. The quantitative estimate of drug-likeness (QED) is 0.762. The molecule has 0 unspecified atom stereocenters. The third kappa shape index (κ3) is 1.94.